The number of benzene rings is 8. The van der Waals surface area contributed by atoms with Crippen LogP contribution < -0.4 is 0 Å². The zero-order chi connectivity index (χ0) is 35.6. The lowest BCUT2D eigenvalue weighted by Crippen LogP contribution is -2.00. The van der Waals surface area contributed by atoms with Crippen molar-refractivity contribution in [1.29, 1.82) is 0 Å². The molecule has 3 aromatic heterocycles. The van der Waals surface area contributed by atoms with Crippen molar-refractivity contribution >= 4 is 54.6 Å². The number of nitrogens with zero attached hydrogens (tertiary/aromatic N) is 4. The Balaban J connectivity index is 1.09. The number of oxazole rings is 1. The summed E-state index contributed by atoms with van der Waals surface area (Å²) in [5, 5.41) is 6.35. The van der Waals surface area contributed by atoms with Gasteiger partial charge in [0, 0.05) is 27.6 Å². The molecule has 0 atom stereocenters. The third-order valence-electron chi connectivity index (χ3n) is 10.1. The average molecular weight is 693 g/mol. The van der Waals surface area contributed by atoms with Crippen LogP contribution in [0.15, 0.2) is 179 Å². The minimum absolute atomic E-state index is 0.573. The summed E-state index contributed by atoms with van der Waals surface area (Å²) in [6, 6.07) is 57.8. The molecule has 11 rings (SSSR count). The molecule has 252 valence electrons. The number of aromatic nitrogens is 4. The highest BCUT2D eigenvalue weighted by molar-refractivity contribution is 6.25. The molecule has 0 radical (unpaired) electrons. The van der Waals surface area contributed by atoms with E-state index in [-0.39, 0.29) is 0 Å². The number of furan rings is 1. The van der Waals surface area contributed by atoms with Crippen LogP contribution in [0.3, 0.4) is 0 Å². The number of hydrogen-bond donors (Lipinski definition) is 0. The smallest absolute Gasteiger partial charge is 0.227 e. The van der Waals surface area contributed by atoms with Crippen LogP contribution in [0.5, 0.6) is 0 Å². The zero-order valence-electron chi connectivity index (χ0n) is 28.8. The van der Waals surface area contributed by atoms with E-state index < -0.39 is 0 Å². The Hall–Kier alpha value is -7.44. The Morgan fingerprint density at radius 2 is 0.907 bits per heavy atom. The van der Waals surface area contributed by atoms with E-state index in [0.29, 0.717) is 28.9 Å². The van der Waals surface area contributed by atoms with Gasteiger partial charge in [-0.05, 0) is 81.2 Å². The summed E-state index contributed by atoms with van der Waals surface area (Å²) in [5.74, 6) is 2.36. The Bertz CT molecular complexity index is 3220. The minimum Gasteiger partial charge on any atom is -0.456 e. The third kappa shape index (κ3) is 5.04. The summed E-state index contributed by atoms with van der Waals surface area (Å²) in [6.07, 6.45) is 0. The van der Waals surface area contributed by atoms with E-state index in [2.05, 4.69) is 91.0 Å². The summed E-state index contributed by atoms with van der Waals surface area (Å²) < 4.78 is 12.9. The van der Waals surface area contributed by atoms with Crippen molar-refractivity contribution in [1.82, 2.24) is 19.9 Å². The summed E-state index contributed by atoms with van der Waals surface area (Å²) in [6.45, 7) is 0. The van der Waals surface area contributed by atoms with Gasteiger partial charge in [-0.1, -0.05) is 121 Å². The van der Waals surface area contributed by atoms with E-state index in [4.69, 9.17) is 28.8 Å². The molecule has 0 aliphatic rings. The monoisotopic (exact) mass is 692 g/mol. The van der Waals surface area contributed by atoms with Gasteiger partial charge >= 0.3 is 0 Å². The normalized spacial score (nSPS) is 11.7. The van der Waals surface area contributed by atoms with Crippen molar-refractivity contribution < 1.29 is 8.83 Å². The van der Waals surface area contributed by atoms with Gasteiger partial charge in [0.25, 0.3) is 0 Å². The zero-order valence-corrected chi connectivity index (χ0v) is 28.8. The summed E-state index contributed by atoms with van der Waals surface area (Å²) >= 11 is 0. The molecule has 0 aliphatic carbocycles. The molecule has 0 aliphatic heterocycles. The fraction of sp³-hybridized carbons (Fsp3) is 0. The molecule has 0 unspecified atom stereocenters. The van der Waals surface area contributed by atoms with Crippen molar-refractivity contribution in [2.45, 2.75) is 0 Å². The second-order valence-corrected chi connectivity index (χ2v) is 13.5. The second-order valence-electron chi connectivity index (χ2n) is 13.5. The van der Waals surface area contributed by atoms with Crippen LogP contribution in [0, 0.1) is 0 Å². The van der Waals surface area contributed by atoms with Gasteiger partial charge in [-0.25, -0.2) is 19.9 Å². The Kier molecular flexibility index (Phi) is 6.75. The molecule has 0 bridgehead atoms. The van der Waals surface area contributed by atoms with Gasteiger partial charge < -0.3 is 8.83 Å². The van der Waals surface area contributed by atoms with Crippen molar-refractivity contribution in [3.8, 4) is 56.7 Å². The maximum atomic E-state index is 6.49. The quantitative estimate of drug-likeness (QED) is 0.179. The van der Waals surface area contributed by atoms with E-state index in [9.17, 15) is 0 Å². The molecule has 0 spiro atoms. The van der Waals surface area contributed by atoms with E-state index in [0.717, 1.165) is 71.6 Å². The van der Waals surface area contributed by atoms with Gasteiger partial charge in [0.15, 0.2) is 23.1 Å². The standard InChI is InChI=1S/C48H28N4O2/c1-3-11-31(12-4-1)45-50-46(36-17-9-16-34(27-36)35-20-18-29-10-7-8-15-33(29)26-35)52-47(51-45)37-21-19-30-22-24-40-42(38(30)28-37)43-41(53-40)25-23-39-44(43)54-48(49-39)32-13-5-2-6-14-32/h1-28H. The first kappa shape index (κ1) is 30.2. The first-order chi connectivity index (χ1) is 26.7. The predicted molar refractivity (Wildman–Crippen MR) is 217 cm³/mol. The molecule has 0 N–H and O–H groups in total. The summed E-state index contributed by atoms with van der Waals surface area (Å²) in [7, 11) is 0. The molecule has 8 aromatic carbocycles. The summed E-state index contributed by atoms with van der Waals surface area (Å²) in [5.41, 5.74) is 8.83. The van der Waals surface area contributed by atoms with Gasteiger partial charge in [0.2, 0.25) is 5.89 Å². The first-order valence-corrected chi connectivity index (χ1v) is 17.9. The van der Waals surface area contributed by atoms with E-state index >= 15 is 0 Å². The SMILES string of the molecule is c1ccc(-c2nc(-c3cccc(-c4ccc5ccccc5c4)c3)nc(-c3ccc4ccc5oc6ccc7nc(-c8ccccc8)oc7c6c5c4c3)n2)cc1. The fourth-order valence-electron chi connectivity index (χ4n) is 7.46. The van der Waals surface area contributed by atoms with Crippen LogP contribution in [0.25, 0.3) is 111 Å². The topological polar surface area (TPSA) is 77.8 Å². The lowest BCUT2D eigenvalue weighted by molar-refractivity contribution is 0.622. The number of rotatable bonds is 5. The van der Waals surface area contributed by atoms with Gasteiger partial charge in [-0.2, -0.15) is 0 Å². The van der Waals surface area contributed by atoms with Crippen molar-refractivity contribution in [2.24, 2.45) is 0 Å². The highest BCUT2D eigenvalue weighted by Gasteiger charge is 2.20. The molecule has 0 amide bonds. The highest BCUT2D eigenvalue weighted by Crippen LogP contribution is 2.41. The van der Waals surface area contributed by atoms with Crippen LogP contribution in [0.1, 0.15) is 0 Å². The maximum absolute atomic E-state index is 6.49. The van der Waals surface area contributed by atoms with Crippen molar-refractivity contribution in [3.63, 3.8) is 0 Å². The van der Waals surface area contributed by atoms with Crippen LogP contribution in [-0.4, -0.2) is 19.9 Å². The Morgan fingerprint density at radius 1 is 0.333 bits per heavy atom. The lowest BCUT2D eigenvalue weighted by Gasteiger charge is -2.11. The van der Waals surface area contributed by atoms with Crippen LogP contribution in [-0.2, 0) is 0 Å². The molecule has 6 heteroatoms. The predicted octanol–water partition coefficient (Wildman–Crippen LogP) is 12.6. The first-order valence-electron chi connectivity index (χ1n) is 17.9. The minimum atomic E-state index is 0.573. The van der Waals surface area contributed by atoms with Crippen LogP contribution in [0.2, 0.25) is 0 Å². The molecule has 0 fully saturated rings. The molecule has 0 saturated carbocycles. The molecule has 11 aromatic rings. The second kappa shape index (κ2) is 12.1. The molecule has 6 nitrogen and oxygen atoms in total. The third-order valence-corrected chi connectivity index (χ3v) is 10.1. The molecule has 0 saturated heterocycles. The van der Waals surface area contributed by atoms with Gasteiger partial charge in [0.1, 0.15) is 16.7 Å². The average Bonchev–Trinajstić information content (AvgIpc) is 3.86. The van der Waals surface area contributed by atoms with Gasteiger partial charge in [-0.15, -0.1) is 0 Å². The fourth-order valence-corrected chi connectivity index (χ4v) is 7.46. The highest BCUT2D eigenvalue weighted by atomic mass is 16.4. The molecule has 3 heterocycles. The van der Waals surface area contributed by atoms with E-state index in [1.807, 2.05) is 78.9 Å². The largest absolute Gasteiger partial charge is 0.456 e. The van der Waals surface area contributed by atoms with E-state index in [1.165, 1.54) is 10.8 Å². The number of fused-ring (bicyclic) bond motifs is 8. The van der Waals surface area contributed by atoms with Crippen LogP contribution >= 0.6 is 0 Å². The Morgan fingerprint density at radius 3 is 1.72 bits per heavy atom. The van der Waals surface area contributed by atoms with Gasteiger partial charge in [-0.3, -0.25) is 0 Å². The van der Waals surface area contributed by atoms with Crippen molar-refractivity contribution in [2.75, 3.05) is 0 Å². The molecular weight excluding hydrogens is 665 g/mol. The van der Waals surface area contributed by atoms with Gasteiger partial charge in [0.05, 0.1) is 5.39 Å². The lowest BCUT2D eigenvalue weighted by atomic mass is 9.99. The number of hydrogen-bond acceptors (Lipinski definition) is 6. The van der Waals surface area contributed by atoms with Crippen molar-refractivity contribution in [3.05, 3.63) is 170 Å². The van der Waals surface area contributed by atoms with Crippen LogP contribution in [0.4, 0.5) is 0 Å². The summed E-state index contributed by atoms with van der Waals surface area (Å²) in [4.78, 5) is 20.1. The molecule has 54 heavy (non-hydrogen) atoms. The Labute approximate surface area is 309 Å². The van der Waals surface area contributed by atoms with E-state index in [1.54, 1.807) is 0 Å². The molecular formula is C48H28N4O2. The maximum Gasteiger partial charge on any atom is 0.227 e.